The minimum Gasteiger partial charge on any atom is -0.390 e. The Bertz CT molecular complexity index is 388. The van der Waals surface area contributed by atoms with Gasteiger partial charge in [-0.15, -0.1) is 0 Å². The summed E-state index contributed by atoms with van der Waals surface area (Å²) in [4.78, 5) is 0. The Balaban J connectivity index is 2.58. The van der Waals surface area contributed by atoms with Crippen molar-refractivity contribution in [3.63, 3.8) is 0 Å². The van der Waals surface area contributed by atoms with Crippen molar-refractivity contribution in [1.29, 1.82) is 0 Å². The number of aliphatic hydroxyl groups is 2. The van der Waals surface area contributed by atoms with E-state index in [0.29, 0.717) is 19.5 Å². The lowest BCUT2D eigenvalue weighted by Gasteiger charge is -2.35. The number of sulfonamides is 1. The van der Waals surface area contributed by atoms with Gasteiger partial charge in [0.2, 0.25) is 10.0 Å². The molecule has 3 unspecified atom stereocenters. The Kier molecular flexibility index (Phi) is 5.40. The number of nitrogens with zero attached hydrogens (tertiary/aromatic N) is 1. The second kappa shape index (κ2) is 6.08. The Morgan fingerprint density at radius 3 is 2.37 bits per heavy atom. The van der Waals surface area contributed by atoms with Gasteiger partial charge >= 0.3 is 0 Å². The van der Waals surface area contributed by atoms with Crippen LogP contribution >= 0.6 is 0 Å². The van der Waals surface area contributed by atoms with Gasteiger partial charge < -0.3 is 10.2 Å². The molecule has 19 heavy (non-hydrogen) atoms. The van der Waals surface area contributed by atoms with Crippen LogP contribution in [-0.4, -0.2) is 54.5 Å². The van der Waals surface area contributed by atoms with Gasteiger partial charge in [-0.05, 0) is 30.6 Å². The zero-order chi connectivity index (χ0) is 14.8. The van der Waals surface area contributed by atoms with E-state index in [-0.39, 0.29) is 11.3 Å². The number of piperidine rings is 1. The summed E-state index contributed by atoms with van der Waals surface area (Å²) < 4.78 is 24.5. The predicted octanol–water partition coefficient (Wildman–Crippen LogP) is 0.816. The molecule has 0 amide bonds. The lowest BCUT2D eigenvalue weighted by atomic mass is 9.82. The predicted molar refractivity (Wildman–Crippen MR) is 75.2 cm³/mol. The van der Waals surface area contributed by atoms with Gasteiger partial charge in [0, 0.05) is 13.1 Å². The van der Waals surface area contributed by atoms with Gasteiger partial charge in [-0.25, -0.2) is 12.7 Å². The first-order chi connectivity index (χ1) is 8.51. The highest BCUT2D eigenvalue weighted by Gasteiger charge is 2.33. The number of hydrogen-bond donors (Lipinski definition) is 2. The number of aliphatic hydroxyl groups excluding tert-OH is 2. The third-order valence-electron chi connectivity index (χ3n) is 3.78. The first kappa shape index (κ1) is 16.9. The molecule has 114 valence electrons. The summed E-state index contributed by atoms with van der Waals surface area (Å²) in [5, 5.41) is 20.1. The fourth-order valence-electron chi connectivity index (χ4n) is 2.57. The van der Waals surface area contributed by atoms with E-state index in [2.05, 4.69) is 0 Å². The van der Waals surface area contributed by atoms with Crippen LogP contribution in [0.4, 0.5) is 0 Å². The molecule has 0 spiro atoms. The molecule has 1 aliphatic rings. The standard InChI is InChI=1S/C13H27NO4S/c1-13(2,3)12(16)11(15)8-10-6-5-7-14(9-10)19(4,17)18/h10-12,15-16H,5-9H2,1-4H3. The van der Waals surface area contributed by atoms with Gasteiger partial charge in [-0.3, -0.25) is 0 Å². The topological polar surface area (TPSA) is 77.8 Å². The van der Waals surface area contributed by atoms with Crippen molar-refractivity contribution >= 4 is 10.0 Å². The van der Waals surface area contributed by atoms with E-state index in [1.807, 2.05) is 20.8 Å². The average molecular weight is 293 g/mol. The lowest BCUT2D eigenvalue weighted by Crippen LogP contribution is -2.43. The molecule has 0 aromatic carbocycles. The fraction of sp³-hybridized carbons (Fsp3) is 1.00. The highest BCUT2D eigenvalue weighted by molar-refractivity contribution is 7.88. The molecule has 1 heterocycles. The van der Waals surface area contributed by atoms with Crippen LogP contribution in [0.25, 0.3) is 0 Å². The highest BCUT2D eigenvalue weighted by atomic mass is 32.2. The second-order valence-corrected chi connectivity index (χ2v) is 8.73. The van der Waals surface area contributed by atoms with Gasteiger partial charge in [-0.2, -0.15) is 0 Å². The number of rotatable bonds is 4. The van der Waals surface area contributed by atoms with E-state index in [9.17, 15) is 18.6 Å². The zero-order valence-corrected chi connectivity index (χ0v) is 13.2. The fourth-order valence-corrected chi connectivity index (χ4v) is 3.51. The van der Waals surface area contributed by atoms with Crippen LogP contribution in [0.5, 0.6) is 0 Å². The summed E-state index contributed by atoms with van der Waals surface area (Å²) in [6.45, 7) is 6.65. The van der Waals surface area contributed by atoms with Crippen LogP contribution in [0.3, 0.4) is 0 Å². The zero-order valence-electron chi connectivity index (χ0n) is 12.3. The summed E-state index contributed by atoms with van der Waals surface area (Å²) >= 11 is 0. The summed E-state index contributed by atoms with van der Waals surface area (Å²) in [5.41, 5.74) is -0.370. The largest absolute Gasteiger partial charge is 0.390 e. The van der Waals surface area contributed by atoms with Gasteiger partial charge in [0.15, 0.2) is 0 Å². The van der Waals surface area contributed by atoms with Gasteiger partial charge in [0.1, 0.15) is 0 Å². The molecule has 0 radical (unpaired) electrons. The second-order valence-electron chi connectivity index (χ2n) is 6.74. The molecule has 1 fully saturated rings. The van der Waals surface area contributed by atoms with Crippen LogP contribution < -0.4 is 0 Å². The van der Waals surface area contributed by atoms with Crippen LogP contribution in [-0.2, 0) is 10.0 Å². The van der Waals surface area contributed by atoms with E-state index < -0.39 is 22.2 Å². The van der Waals surface area contributed by atoms with E-state index in [1.165, 1.54) is 10.6 Å². The smallest absolute Gasteiger partial charge is 0.211 e. The molecule has 3 atom stereocenters. The first-order valence-electron chi connectivity index (χ1n) is 6.83. The molecule has 5 nitrogen and oxygen atoms in total. The van der Waals surface area contributed by atoms with Crippen LogP contribution in [0.15, 0.2) is 0 Å². The van der Waals surface area contributed by atoms with E-state index in [1.54, 1.807) is 0 Å². The van der Waals surface area contributed by atoms with Gasteiger partial charge in [-0.1, -0.05) is 20.8 Å². The van der Waals surface area contributed by atoms with Crippen molar-refractivity contribution in [3.05, 3.63) is 0 Å². The van der Waals surface area contributed by atoms with Gasteiger partial charge in [0.05, 0.1) is 18.5 Å². The monoisotopic (exact) mass is 293 g/mol. The normalized spacial score (nSPS) is 26.1. The van der Waals surface area contributed by atoms with E-state index >= 15 is 0 Å². The maximum atomic E-state index is 11.5. The van der Waals surface area contributed by atoms with Crippen molar-refractivity contribution < 1.29 is 18.6 Å². The minimum absolute atomic E-state index is 0.121. The molecular formula is C13H27NO4S. The van der Waals surface area contributed by atoms with Crippen molar-refractivity contribution in [1.82, 2.24) is 4.31 Å². The van der Waals surface area contributed by atoms with Crippen LogP contribution in [0, 0.1) is 11.3 Å². The highest BCUT2D eigenvalue weighted by Crippen LogP contribution is 2.28. The Morgan fingerprint density at radius 2 is 1.89 bits per heavy atom. The first-order valence-corrected chi connectivity index (χ1v) is 8.68. The molecule has 1 saturated heterocycles. The minimum atomic E-state index is -3.15. The molecule has 0 bridgehead atoms. The van der Waals surface area contributed by atoms with Crippen LogP contribution in [0.1, 0.15) is 40.0 Å². The van der Waals surface area contributed by atoms with Crippen molar-refractivity contribution in [2.24, 2.45) is 11.3 Å². The van der Waals surface area contributed by atoms with Crippen LogP contribution in [0.2, 0.25) is 0 Å². The van der Waals surface area contributed by atoms with Crippen molar-refractivity contribution in [2.45, 2.75) is 52.2 Å². The van der Waals surface area contributed by atoms with E-state index in [4.69, 9.17) is 0 Å². The summed E-state index contributed by atoms with van der Waals surface area (Å²) in [5.74, 6) is 0.121. The Labute approximate surface area is 116 Å². The Morgan fingerprint density at radius 1 is 1.32 bits per heavy atom. The van der Waals surface area contributed by atoms with E-state index in [0.717, 1.165) is 12.8 Å². The molecular weight excluding hydrogens is 266 g/mol. The molecule has 0 aliphatic carbocycles. The summed E-state index contributed by atoms with van der Waals surface area (Å²) in [6, 6.07) is 0. The Hall–Kier alpha value is -0.170. The van der Waals surface area contributed by atoms with Crippen molar-refractivity contribution in [3.8, 4) is 0 Å². The lowest BCUT2D eigenvalue weighted by molar-refractivity contribution is -0.0559. The average Bonchev–Trinajstić information content (AvgIpc) is 2.26. The third-order valence-corrected chi connectivity index (χ3v) is 5.05. The quantitative estimate of drug-likeness (QED) is 0.804. The number of hydrogen-bond acceptors (Lipinski definition) is 4. The molecule has 1 aliphatic heterocycles. The SMILES string of the molecule is CC(C)(C)C(O)C(O)CC1CCCN(S(C)(=O)=O)C1. The van der Waals surface area contributed by atoms with Gasteiger partial charge in [0.25, 0.3) is 0 Å². The molecule has 0 aromatic heterocycles. The molecule has 6 heteroatoms. The summed E-state index contributed by atoms with van der Waals surface area (Å²) in [7, 11) is -3.15. The summed E-state index contributed by atoms with van der Waals surface area (Å²) in [6.07, 6.45) is 1.79. The molecule has 1 rings (SSSR count). The maximum absolute atomic E-state index is 11.5. The maximum Gasteiger partial charge on any atom is 0.211 e. The molecule has 0 saturated carbocycles. The molecule has 2 N–H and O–H groups in total. The van der Waals surface area contributed by atoms with Crippen molar-refractivity contribution in [2.75, 3.05) is 19.3 Å². The molecule has 0 aromatic rings. The third kappa shape index (κ3) is 5.02.